The Morgan fingerprint density at radius 1 is 1.25 bits per heavy atom. The lowest BCUT2D eigenvalue weighted by atomic mass is 9.67. The number of nitrogens with zero attached hydrogens (tertiary/aromatic N) is 2. The Morgan fingerprint density at radius 3 is 2.57 bits per heavy atom. The summed E-state index contributed by atoms with van der Waals surface area (Å²) in [6.45, 7) is 0.626. The molecule has 152 valence electrons. The molecule has 4 rings (SSSR count). The van der Waals surface area contributed by atoms with E-state index in [0.717, 1.165) is 24.2 Å². The minimum atomic E-state index is -0.0200. The summed E-state index contributed by atoms with van der Waals surface area (Å²) in [7, 11) is 1.65. The van der Waals surface area contributed by atoms with Gasteiger partial charge >= 0.3 is 0 Å². The summed E-state index contributed by atoms with van der Waals surface area (Å²) in [5, 5.41) is 7.64. The van der Waals surface area contributed by atoms with E-state index in [-0.39, 0.29) is 24.4 Å². The van der Waals surface area contributed by atoms with Gasteiger partial charge in [-0.25, -0.2) is 0 Å². The van der Waals surface area contributed by atoms with E-state index in [4.69, 9.17) is 10.5 Å². The second-order valence-electron chi connectivity index (χ2n) is 7.96. The maximum atomic E-state index is 12.8. The topological polar surface area (TPSA) is 82.2 Å². The lowest BCUT2D eigenvalue weighted by Gasteiger charge is -2.45. The van der Waals surface area contributed by atoms with E-state index in [1.807, 2.05) is 30.5 Å². The van der Waals surface area contributed by atoms with Crippen LogP contribution in [0.4, 0.5) is 0 Å². The van der Waals surface area contributed by atoms with Crippen molar-refractivity contribution >= 4 is 18.3 Å². The third-order valence-electron chi connectivity index (χ3n) is 6.07. The minimum absolute atomic E-state index is 0. The summed E-state index contributed by atoms with van der Waals surface area (Å²) in [5.41, 5.74) is 7.92. The Balaban J connectivity index is 0.00000225. The zero-order valence-corrected chi connectivity index (χ0v) is 17.0. The number of ether oxygens (including phenoxy) is 1. The number of aromatic nitrogens is 2. The van der Waals surface area contributed by atoms with Crippen molar-refractivity contribution in [2.75, 3.05) is 7.11 Å². The van der Waals surface area contributed by atoms with Crippen LogP contribution in [0.5, 0.6) is 5.75 Å². The van der Waals surface area contributed by atoms with Gasteiger partial charge in [0.1, 0.15) is 5.75 Å². The van der Waals surface area contributed by atoms with Gasteiger partial charge in [0.25, 0.3) is 5.91 Å². The molecule has 0 radical (unpaired) electrons. The summed E-state index contributed by atoms with van der Waals surface area (Å²) in [6, 6.07) is 8.42. The largest absolute Gasteiger partial charge is 0.497 e. The average Bonchev–Trinajstić information content (AvgIpc) is 3.12. The van der Waals surface area contributed by atoms with Crippen LogP contribution >= 0.6 is 12.4 Å². The van der Waals surface area contributed by atoms with Crippen molar-refractivity contribution in [2.24, 2.45) is 17.6 Å². The molecule has 2 saturated carbocycles. The molecule has 1 aromatic heterocycles. The lowest BCUT2D eigenvalue weighted by Crippen LogP contribution is -2.53. The maximum absolute atomic E-state index is 12.8. The quantitative estimate of drug-likeness (QED) is 0.802. The van der Waals surface area contributed by atoms with E-state index in [2.05, 4.69) is 10.4 Å². The molecule has 1 heterocycles. The summed E-state index contributed by atoms with van der Waals surface area (Å²) < 4.78 is 6.98. The van der Waals surface area contributed by atoms with E-state index in [0.29, 0.717) is 30.0 Å². The predicted octanol–water partition coefficient (Wildman–Crippen LogP) is 3.00. The number of amides is 1. The van der Waals surface area contributed by atoms with Gasteiger partial charge in [-0.05, 0) is 55.2 Å². The molecule has 2 atom stereocenters. The molecule has 0 spiro atoms. The van der Waals surface area contributed by atoms with Gasteiger partial charge in [-0.3, -0.25) is 9.48 Å². The Bertz CT molecular complexity index is 778. The SMILES string of the molecule is COc1ccc(Cn2cc(C(=O)NC3C4CCCC3CC(N)C4)cn2)cc1.Cl. The number of nitrogens with two attached hydrogens (primary N) is 1. The summed E-state index contributed by atoms with van der Waals surface area (Å²) in [5.74, 6) is 1.85. The van der Waals surface area contributed by atoms with Crippen molar-refractivity contribution in [3.05, 3.63) is 47.8 Å². The first-order chi connectivity index (χ1) is 13.1. The predicted molar refractivity (Wildman–Crippen MR) is 111 cm³/mol. The number of benzene rings is 1. The van der Waals surface area contributed by atoms with Crippen LogP contribution in [-0.2, 0) is 6.54 Å². The van der Waals surface area contributed by atoms with E-state index >= 15 is 0 Å². The Labute approximate surface area is 172 Å². The van der Waals surface area contributed by atoms with Crippen LogP contribution in [0.1, 0.15) is 48.0 Å². The van der Waals surface area contributed by atoms with Crippen LogP contribution in [0.25, 0.3) is 0 Å². The molecule has 1 aromatic carbocycles. The first kappa shape index (κ1) is 20.7. The zero-order valence-electron chi connectivity index (χ0n) is 16.2. The van der Waals surface area contributed by atoms with Gasteiger partial charge in [-0.1, -0.05) is 18.6 Å². The first-order valence-electron chi connectivity index (χ1n) is 9.84. The van der Waals surface area contributed by atoms with Crippen molar-refractivity contribution in [1.82, 2.24) is 15.1 Å². The van der Waals surface area contributed by atoms with Gasteiger partial charge in [0, 0.05) is 18.3 Å². The Hall–Kier alpha value is -2.05. The highest BCUT2D eigenvalue weighted by Crippen LogP contribution is 2.39. The molecule has 2 aromatic rings. The molecule has 0 aliphatic heterocycles. The number of fused-ring (bicyclic) bond motifs is 2. The highest BCUT2D eigenvalue weighted by Gasteiger charge is 2.40. The standard InChI is InChI=1S/C21H28N4O2.ClH/c1-27-19-7-5-14(6-8-19)12-25-13-17(11-23-25)21(26)24-20-15-3-2-4-16(20)10-18(22)9-15;/h5-8,11,13,15-16,18,20H,2-4,9-10,12,22H2,1H3,(H,24,26);1H. The number of halogens is 1. The second-order valence-corrected chi connectivity index (χ2v) is 7.96. The summed E-state index contributed by atoms with van der Waals surface area (Å²) >= 11 is 0. The fraction of sp³-hybridized carbons (Fsp3) is 0.524. The number of rotatable bonds is 5. The van der Waals surface area contributed by atoms with E-state index in [9.17, 15) is 4.79 Å². The Morgan fingerprint density at radius 2 is 1.93 bits per heavy atom. The highest BCUT2D eigenvalue weighted by atomic mass is 35.5. The van der Waals surface area contributed by atoms with E-state index in [1.54, 1.807) is 18.0 Å². The van der Waals surface area contributed by atoms with Gasteiger partial charge in [-0.2, -0.15) is 5.10 Å². The van der Waals surface area contributed by atoms with Crippen molar-refractivity contribution in [3.8, 4) is 5.75 Å². The molecule has 6 nitrogen and oxygen atoms in total. The highest BCUT2D eigenvalue weighted by molar-refractivity contribution is 5.93. The molecule has 7 heteroatoms. The van der Waals surface area contributed by atoms with Crippen LogP contribution in [0.2, 0.25) is 0 Å². The van der Waals surface area contributed by atoms with Crippen LogP contribution < -0.4 is 15.8 Å². The van der Waals surface area contributed by atoms with Crippen molar-refractivity contribution < 1.29 is 9.53 Å². The molecule has 2 bridgehead atoms. The number of carbonyl (C=O) groups excluding carboxylic acids is 1. The molecule has 1 amide bonds. The average molecular weight is 405 g/mol. The Kier molecular flexibility index (Phi) is 6.62. The minimum Gasteiger partial charge on any atom is -0.497 e. The van der Waals surface area contributed by atoms with Gasteiger partial charge < -0.3 is 15.8 Å². The van der Waals surface area contributed by atoms with Crippen molar-refractivity contribution in [3.63, 3.8) is 0 Å². The molecule has 2 aliphatic rings. The lowest BCUT2D eigenvalue weighted by molar-refractivity contribution is 0.0756. The number of carbonyl (C=O) groups is 1. The van der Waals surface area contributed by atoms with Gasteiger partial charge in [0.15, 0.2) is 0 Å². The van der Waals surface area contributed by atoms with Crippen molar-refractivity contribution in [1.29, 1.82) is 0 Å². The van der Waals surface area contributed by atoms with Gasteiger partial charge in [0.05, 0.1) is 25.4 Å². The number of hydrogen-bond donors (Lipinski definition) is 2. The molecule has 2 aliphatic carbocycles. The molecule has 2 unspecified atom stereocenters. The van der Waals surface area contributed by atoms with Crippen LogP contribution in [0.3, 0.4) is 0 Å². The zero-order chi connectivity index (χ0) is 18.8. The van der Waals surface area contributed by atoms with Gasteiger partial charge in [-0.15, -0.1) is 12.4 Å². The molecular weight excluding hydrogens is 376 g/mol. The fourth-order valence-electron chi connectivity index (χ4n) is 4.74. The number of nitrogens with one attached hydrogen (secondary N) is 1. The molecular formula is C21H29ClN4O2. The van der Waals surface area contributed by atoms with Crippen LogP contribution in [0.15, 0.2) is 36.7 Å². The maximum Gasteiger partial charge on any atom is 0.254 e. The second kappa shape index (κ2) is 8.97. The summed E-state index contributed by atoms with van der Waals surface area (Å²) in [6.07, 6.45) is 9.13. The molecule has 0 saturated heterocycles. The number of hydrogen-bond acceptors (Lipinski definition) is 4. The monoisotopic (exact) mass is 404 g/mol. The third kappa shape index (κ3) is 4.50. The van der Waals surface area contributed by atoms with Crippen LogP contribution in [0, 0.1) is 11.8 Å². The smallest absolute Gasteiger partial charge is 0.254 e. The van der Waals surface area contributed by atoms with Crippen LogP contribution in [-0.4, -0.2) is 34.9 Å². The molecule has 28 heavy (non-hydrogen) atoms. The molecule has 2 fully saturated rings. The molecule has 3 N–H and O–H groups in total. The van der Waals surface area contributed by atoms with Crippen molar-refractivity contribution in [2.45, 2.75) is 50.7 Å². The first-order valence-corrected chi connectivity index (χ1v) is 9.84. The normalized spacial score (nSPS) is 26.2. The van der Waals surface area contributed by atoms with E-state index in [1.165, 1.54) is 19.3 Å². The van der Waals surface area contributed by atoms with Gasteiger partial charge in [0.2, 0.25) is 0 Å². The third-order valence-corrected chi connectivity index (χ3v) is 6.07. The summed E-state index contributed by atoms with van der Waals surface area (Å²) in [4.78, 5) is 12.8. The fourth-order valence-corrected chi connectivity index (χ4v) is 4.74. The number of methoxy groups -OCH3 is 1. The van der Waals surface area contributed by atoms with E-state index < -0.39 is 0 Å².